The molecule has 5 nitrogen and oxygen atoms in total. The maximum absolute atomic E-state index is 11.9. The minimum atomic E-state index is -0.256. The van der Waals surface area contributed by atoms with Gasteiger partial charge in [-0.15, -0.1) is 0 Å². The summed E-state index contributed by atoms with van der Waals surface area (Å²) in [4.78, 5) is 19.0. The molecule has 0 radical (unpaired) electrons. The van der Waals surface area contributed by atoms with E-state index in [2.05, 4.69) is 5.16 Å². The van der Waals surface area contributed by atoms with E-state index in [-0.39, 0.29) is 11.7 Å². The molecule has 0 spiro atoms. The van der Waals surface area contributed by atoms with Gasteiger partial charge in [0.2, 0.25) is 0 Å². The van der Waals surface area contributed by atoms with Crippen molar-refractivity contribution in [2.75, 3.05) is 13.1 Å². The molecule has 2 heterocycles. The number of hydrogen-bond acceptors (Lipinski definition) is 4. The Balaban J connectivity index is 1.43. The highest BCUT2D eigenvalue weighted by Crippen LogP contribution is 2.30. The number of nitrogens with zero attached hydrogens (tertiary/aromatic N) is 2. The summed E-state index contributed by atoms with van der Waals surface area (Å²) in [6.45, 7) is 5.71. The number of amides is 1. The number of oxime groups is 1. The van der Waals surface area contributed by atoms with Crippen molar-refractivity contribution in [3.63, 3.8) is 0 Å². The molecule has 1 saturated heterocycles. The number of carbonyl (C=O) groups excluding carboxylic acids is 1. The Labute approximate surface area is 124 Å². The summed E-state index contributed by atoms with van der Waals surface area (Å²) in [6, 6.07) is 9.70. The lowest BCUT2D eigenvalue weighted by atomic mass is 9.89. The van der Waals surface area contributed by atoms with E-state index >= 15 is 0 Å². The lowest BCUT2D eigenvalue weighted by Crippen LogP contribution is -2.53. The first-order valence-electron chi connectivity index (χ1n) is 7.24. The summed E-state index contributed by atoms with van der Waals surface area (Å²) < 4.78 is 5.30. The van der Waals surface area contributed by atoms with Crippen LogP contribution in [0.2, 0.25) is 0 Å². The van der Waals surface area contributed by atoms with Crippen LogP contribution in [-0.2, 0) is 16.2 Å². The molecule has 0 N–H and O–H groups in total. The van der Waals surface area contributed by atoms with Crippen molar-refractivity contribution in [3.05, 3.63) is 35.9 Å². The van der Waals surface area contributed by atoms with Gasteiger partial charge >= 0.3 is 6.09 Å². The molecule has 0 atom stereocenters. The summed E-state index contributed by atoms with van der Waals surface area (Å²) in [5.41, 5.74) is 1.86. The average Bonchev–Trinajstić information content (AvgIpc) is 2.76. The van der Waals surface area contributed by atoms with E-state index in [1.165, 1.54) is 0 Å². The Morgan fingerprint density at radius 3 is 2.71 bits per heavy atom. The molecule has 2 aliphatic heterocycles. The summed E-state index contributed by atoms with van der Waals surface area (Å²) in [5, 5.41) is 4.14. The third kappa shape index (κ3) is 3.17. The van der Waals surface area contributed by atoms with Crippen LogP contribution in [0.25, 0.3) is 0 Å². The molecular weight excluding hydrogens is 268 g/mol. The van der Waals surface area contributed by atoms with Crippen LogP contribution < -0.4 is 0 Å². The predicted molar refractivity (Wildman–Crippen MR) is 78.9 cm³/mol. The smallest absolute Gasteiger partial charge is 0.410 e. The number of rotatable bonds is 3. The fraction of sp³-hybridized carbons (Fsp3) is 0.500. The Morgan fingerprint density at radius 1 is 1.38 bits per heavy atom. The largest absolute Gasteiger partial charge is 0.445 e. The molecule has 1 fully saturated rings. The number of benzene rings is 1. The van der Waals surface area contributed by atoms with Gasteiger partial charge in [0.1, 0.15) is 12.2 Å². The Morgan fingerprint density at radius 2 is 2.10 bits per heavy atom. The van der Waals surface area contributed by atoms with Gasteiger partial charge < -0.3 is 14.5 Å². The van der Waals surface area contributed by atoms with E-state index in [9.17, 15) is 4.79 Å². The number of hydrogen-bond donors (Lipinski definition) is 0. The quantitative estimate of drug-likeness (QED) is 0.859. The molecule has 0 bridgehead atoms. The van der Waals surface area contributed by atoms with Crippen LogP contribution in [0.15, 0.2) is 35.5 Å². The number of likely N-dealkylation sites (tertiary alicyclic amines) is 1. The Bertz CT molecular complexity index is 548. The van der Waals surface area contributed by atoms with Crippen molar-refractivity contribution < 1.29 is 14.4 Å². The van der Waals surface area contributed by atoms with Gasteiger partial charge in [-0.3, -0.25) is 0 Å². The molecule has 0 aromatic heterocycles. The molecule has 1 amide bonds. The first-order valence-corrected chi connectivity index (χ1v) is 7.24. The van der Waals surface area contributed by atoms with Crippen molar-refractivity contribution >= 4 is 11.8 Å². The number of carbonyl (C=O) groups is 1. The summed E-state index contributed by atoms with van der Waals surface area (Å²) >= 11 is 0. The second-order valence-electron chi connectivity index (χ2n) is 6.25. The molecule has 1 aromatic carbocycles. The molecule has 3 rings (SSSR count). The highest BCUT2D eigenvalue weighted by molar-refractivity contribution is 5.90. The zero-order valence-electron chi connectivity index (χ0n) is 12.4. The van der Waals surface area contributed by atoms with Crippen LogP contribution in [0.5, 0.6) is 0 Å². The van der Waals surface area contributed by atoms with E-state index in [1.54, 1.807) is 4.90 Å². The first kappa shape index (κ1) is 13.9. The molecule has 21 heavy (non-hydrogen) atoms. The SMILES string of the molecule is CC1(C)CC(C2CN(C(=O)OCc3ccccc3)C2)=NO1. The van der Waals surface area contributed by atoms with E-state index in [0.717, 1.165) is 17.7 Å². The zero-order valence-corrected chi connectivity index (χ0v) is 12.4. The molecule has 0 unspecified atom stereocenters. The third-order valence-corrected chi connectivity index (χ3v) is 3.83. The summed E-state index contributed by atoms with van der Waals surface area (Å²) in [6.07, 6.45) is 0.582. The van der Waals surface area contributed by atoms with Crippen molar-refractivity contribution in [2.24, 2.45) is 11.1 Å². The van der Waals surface area contributed by atoms with Gasteiger partial charge in [-0.1, -0.05) is 35.5 Å². The van der Waals surface area contributed by atoms with E-state index in [4.69, 9.17) is 9.57 Å². The molecule has 2 aliphatic rings. The number of ether oxygens (including phenoxy) is 1. The monoisotopic (exact) mass is 288 g/mol. The lowest BCUT2D eigenvalue weighted by Gasteiger charge is -2.38. The average molecular weight is 288 g/mol. The molecule has 1 aromatic rings. The van der Waals surface area contributed by atoms with Gasteiger partial charge in [-0.25, -0.2) is 4.79 Å². The van der Waals surface area contributed by atoms with Gasteiger partial charge in [-0.2, -0.15) is 0 Å². The van der Waals surface area contributed by atoms with Gasteiger partial charge in [0.15, 0.2) is 0 Å². The Hall–Kier alpha value is -2.04. The zero-order chi connectivity index (χ0) is 14.9. The topological polar surface area (TPSA) is 51.1 Å². The van der Waals surface area contributed by atoms with E-state index < -0.39 is 0 Å². The standard InChI is InChI=1S/C16H20N2O3/c1-16(2)8-14(17-21-16)13-9-18(10-13)15(19)20-11-12-6-4-3-5-7-12/h3-7,13H,8-11H2,1-2H3. The van der Waals surface area contributed by atoms with Gasteiger partial charge in [-0.05, 0) is 19.4 Å². The van der Waals surface area contributed by atoms with Crippen LogP contribution in [0.3, 0.4) is 0 Å². The van der Waals surface area contributed by atoms with Crippen LogP contribution in [-0.4, -0.2) is 35.4 Å². The van der Waals surface area contributed by atoms with Crippen LogP contribution in [0.1, 0.15) is 25.8 Å². The van der Waals surface area contributed by atoms with Crippen LogP contribution in [0.4, 0.5) is 4.79 Å². The third-order valence-electron chi connectivity index (χ3n) is 3.83. The second kappa shape index (κ2) is 5.39. The highest BCUT2D eigenvalue weighted by Gasteiger charge is 2.40. The van der Waals surface area contributed by atoms with Crippen molar-refractivity contribution in [3.8, 4) is 0 Å². The van der Waals surface area contributed by atoms with Crippen molar-refractivity contribution in [1.29, 1.82) is 0 Å². The maximum Gasteiger partial charge on any atom is 0.410 e. The fourth-order valence-corrected chi connectivity index (χ4v) is 2.55. The van der Waals surface area contributed by atoms with Gasteiger partial charge in [0.25, 0.3) is 0 Å². The van der Waals surface area contributed by atoms with Crippen LogP contribution in [0, 0.1) is 5.92 Å². The van der Waals surface area contributed by atoms with Gasteiger partial charge in [0.05, 0.1) is 5.71 Å². The van der Waals surface area contributed by atoms with Gasteiger partial charge in [0, 0.05) is 25.4 Å². The maximum atomic E-state index is 11.9. The van der Waals surface area contributed by atoms with E-state index in [1.807, 2.05) is 44.2 Å². The predicted octanol–water partition coefficient (Wildman–Crippen LogP) is 2.81. The van der Waals surface area contributed by atoms with Crippen LogP contribution >= 0.6 is 0 Å². The lowest BCUT2D eigenvalue weighted by molar-refractivity contribution is 0.0123. The fourth-order valence-electron chi connectivity index (χ4n) is 2.55. The second-order valence-corrected chi connectivity index (χ2v) is 6.25. The molecule has 0 aliphatic carbocycles. The first-order chi connectivity index (χ1) is 10.0. The van der Waals surface area contributed by atoms with Crippen molar-refractivity contribution in [2.45, 2.75) is 32.5 Å². The molecular formula is C16H20N2O3. The molecule has 5 heteroatoms. The summed E-state index contributed by atoms with van der Waals surface area (Å²) in [5.74, 6) is 0.316. The molecule has 0 saturated carbocycles. The minimum Gasteiger partial charge on any atom is -0.445 e. The van der Waals surface area contributed by atoms with E-state index in [0.29, 0.717) is 25.6 Å². The Kier molecular flexibility index (Phi) is 3.57. The highest BCUT2D eigenvalue weighted by atomic mass is 16.7. The normalized spacial score (nSPS) is 20.5. The van der Waals surface area contributed by atoms with Crippen molar-refractivity contribution in [1.82, 2.24) is 4.90 Å². The minimum absolute atomic E-state index is 0.205. The molecule has 112 valence electrons. The summed E-state index contributed by atoms with van der Waals surface area (Å²) in [7, 11) is 0.